The van der Waals surface area contributed by atoms with Gasteiger partial charge in [0, 0.05) is 22.5 Å². The summed E-state index contributed by atoms with van der Waals surface area (Å²) >= 11 is 0. The summed E-state index contributed by atoms with van der Waals surface area (Å²) in [5, 5.41) is 6.10. The first-order chi connectivity index (χ1) is 16.6. The topological polar surface area (TPSA) is 58.2 Å². The summed E-state index contributed by atoms with van der Waals surface area (Å²) in [7, 11) is 0. The number of carbonyl (C=O) groups is 2. The van der Waals surface area contributed by atoms with E-state index in [0.717, 1.165) is 35.3 Å². The van der Waals surface area contributed by atoms with Crippen LogP contribution in [0.1, 0.15) is 45.7 Å². The molecule has 0 aromatic heterocycles. The van der Waals surface area contributed by atoms with Crippen molar-refractivity contribution in [3.63, 3.8) is 0 Å². The lowest BCUT2D eigenvalue weighted by Crippen LogP contribution is -2.17. The molecule has 0 saturated heterocycles. The normalized spacial score (nSPS) is 10.5. The molecule has 0 spiro atoms. The van der Waals surface area contributed by atoms with E-state index >= 15 is 0 Å². The highest BCUT2D eigenvalue weighted by molar-refractivity contribution is 6.13. The van der Waals surface area contributed by atoms with Crippen LogP contribution in [0.5, 0.6) is 0 Å². The number of para-hydroxylation sites is 2. The van der Waals surface area contributed by atoms with Gasteiger partial charge >= 0.3 is 0 Å². The Morgan fingerprint density at radius 1 is 0.529 bits per heavy atom. The third-order valence-corrected chi connectivity index (χ3v) is 5.93. The monoisotopic (exact) mass is 448 g/mol. The van der Waals surface area contributed by atoms with Gasteiger partial charge in [-0.15, -0.1) is 0 Å². The van der Waals surface area contributed by atoms with Crippen LogP contribution in [0.25, 0.3) is 11.1 Å². The fourth-order valence-electron chi connectivity index (χ4n) is 4.11. The molecule has 2 N–H and O–H groups in total. The quantitative estimate of drug-likeness (QED) is 0.320. The minimum absolute atomic E-state index is 0.206. The number of nitrogens with one attached hydrogen (secondary N) is 2. The lowest BCUT2D eigenvalue weighted by atomic mass is 9.94. The van der Waals surface area contributed by atoms with Gasteiger partial charge in [0.1, 0.15) is 0 Å². The first-order valence-electron chi connectivity index (χ1n) is 11.6. The molecular weight excluding hydrogens is 420 g/mol. The summed E-state index contributed by atoms with van der Waals surface area (Å²) in [5.41, 5.74) is 6.20. The van der Waals surface area contributed by atoms with E-state index < -0.39 is 0 Å². The number of anilines is 2. The van der Waals surface area contributed by atoms with E-state index in [0.29, 0.717) is 22.3 Å². The molecule has 170 valence electrons. The molecule has 0 heterocycles. The Hall–Kier alpha value is -4.18. The van der Waals surface area contributed by atoms with Gasteiger partial charge in [-0.3, -0.25) is 9.59 Å². The zero-order valence-corrected chi connectivity index (χ0v) is 19.5. The average Bonchev–Trinajstić information content (AvgIpc) is 2.89. The van der Waals surface area contributed by atoms with Crippen molar-refractivity contribution in [2.75, 3.05) is 10.6 Å². The Bertz CT molecular complexity index is 1220. The van der Waals surface area contributed by atoms with E-state index in [1.54, 1.807) is 12.1 Å². The lowest BCUT2D eigenvalue weighted by molar-refractivity contribution is 0.101. The van der Waals surface area contributed by atoms with Crippen molar-refractivity contribution in [3.05, 3.63) is 119 Å². The molecule has 0 fully saturated rings. The van der Waals surface area contributed by atoms with Crippen LogP contribution in [-0.2, 0) is 12.8 Å². The van der Waals surface area contributed by atoms with E-state index in [4.69, 9.17) is 0 Å². The molecule has 2 amide bonds. The maximum atomic E-state index is 13.3. The largest absolute Gasteiger partial charge is 0.322 e. The minimum Gasteiger partial charge on any atom is -0.322 e. The molecule has 4 heteroatoms. The van der Waals surface area contributed by atoms with Gasteiger partial charge in [-0.25, -0.2) is 0 Å². The molecule has 4 rings (SSSR count). The van der Waals surface area contributed by atoms with Gasteiger partial charge in [-0.1, -0.05) is 86.6 Å². The summed E-state index contributed by atoms with van der Waals surface area (Å²) in [6, 6.07) is 30.4. The van der Waals surface area contributed by atoms with Gasteiger partial charge in [0.2, 0.25) is 0 Å². The maximum Gasteiger partial charge on any atom is 0.256 e. The summed E-state index contributed by atoms with van der Waals surface area (Å²) in [5.74, 6) is -0.411. The van der Waals surface area contributed by atoms with Gasteiger partial charge in [0.25, 0.3) is 11.8 Å². The molecule has 4 aromatic carbocycles. The third-order valence-electron chi connectivity index (χ3n) is 5.93. The van der Waals surface area contributed by atoms with Gasteiger partial charge in [0.15, 0.2) is 0 Å². The molecule has 4 nitrogen and oxygen atoms in total. The second kappa shape index (κ2) is 10.6. The Kier molecular flexibility index (Phi) is 7.19. The van der Waals surface area contributed by atoms with Crippen LogP contribution in [0, 0.1) is 0 Å². The lowest BCUT2D eigenvalue weighted by Gasteiger charge is -2.16. The summed E-state index contributed by atoms with van der Waals surface area (Å²) in [4.78, 5) is 26.6. The molecule has 0 atom stereocenters. The molecule has 0 aliphatic carbocycles. The minimum atomic E-state index is -0.206. The maximum absolute atomic E-state index is 13.3. The molecule has 0 aliphatic heterocycles. The van der Waals surface area contributed by atoms with Crippen LogP contribution in [0.15, 0.2) is 97.1 Å². The number of aryl methyl sites for hydroxylation is 2. The van der Waals surface area contributed by atoms with Crippen molar-refractivity contribution in [1.82, 2.24) is 0 Å². The van der Waals surface area contributed by atoms with Gasteiger partial charge in [0.05, 0.1) is 0 Å². The van der Waals surface area contributed by atoms with Crippen molar-refractivity contribution < 1.29 is 9.59 Å². The highest BCUT2D eigenvalue weighted by Crippen LogP contribution is 2.29. The van der Waals surface area contributed by atoms with E-state index in [1.165, 1.54) is 0 Å². The van der Waals surface area contributed by atoms with Crippen molar-refractivity contribution in [1.29, 1.82) is 0 Å². The van der Waals surface area contributed by atoms with Crippen molar-refractivity contribution in [2.24, 2.45) is 0 Å². The Morgan fingerprint density at radius 2 is 0.882 bits per heavy atom. The fourth-order valence-corrected chi connectivity index (χ4v) is 4.11. The third kappa shape index (κ3) is 4.91. The second-order valence-electron chi connectivity index (χ2n) is 8.02. The number of carbonyl (C=O) groups excluding carboxylic acids is 2. The zero-order valence-electron chi connectivity index (χ0n) is 19.5. The number of amides is 2. The van der Waals surface area contributed by atoms with Gasteiger partial charge in [-0.05, 0) is 59.4 Å². The number of benzene rings is 4. The molecule has 0 bridgehead atoms. The van der Waals surface area contributed by atoms with E-state index in [2.05, 4.69) is 24.5 Å². The number of hydrogen-bond acceptors (Lipinski definition) is 2. The highest BCUT2D eigenvalue weighted by Gasteiger charge is 2.19. The highest BCUT2D eigenvalue weighted by atomic mass is 16.2. The van der Waals surface area contributed by atoms with E-state index in [9.17, 15) is 9.59 Å². The fraction of sp³-hybridized carbons (Fsp3) is 0.133. The Morgan fingerprint density at radius 3 is 1.29 bits per heavy atom. The van der Waals surface area contributed by atoms with Crippen LogP contribution < -0.4 is 10.6 Å². The van der Waals surface area contributed by atoms with Crippen LogP contribution in [0.4, 0.5) is 11.4 Å². The number of rotatable bonds is 7. The summed E-state index contributed by atoms with van der Waals surface area (Å²) in [6.07, 6.45) is 1.64. The van der Waals surface area contributed by atoms with Crippen LogP contribution in [-0.4, -0.2) is 11.8 Å². The predicted octanol–water partition coefficient (Wildman–Crippen LogP) is 6.98. The molecule has 34 heavy (non-hydrogen) atoms. The molecule has 0 unspecified atom stereocenters. The van der Waals surface area contributed by atoms with E-state index in [1.807, 2.05) is 84.9 Å². The first-order valence-corrected chi connectivity index (χ1v) is 11.6. The smallest absolute Gasteiger partial charge is 0.256 e. The van der Waals surface area contributed by atoms with Crippen LogP contribution >= 0.6 is 0 Å². The van der Waals surface area contributed by atoms with Crippen LogP contribution in [0.3, 0.4) is 0 Å². The Balaban J connectivity index is 1.69. The van der Waals surface area contributed by atoms with Gasteiger partial charge in [-0.2, -0.15) is 0 Å². The average molecular weight is 449 g/mol. The zero-order chi connectivity index (χ0) is 23.9. The molecule has 0 radical (unpaired) electrons. The summed E-state index contributed by atoms with van der Waals surface area (Å²) < 4.78 is 0. The van der Waals surface area contributed by atoms with Crippen molar-refractivity contribution in [2.45, 2.75) is 26.7 Å². The predicted molar refractivity (Wildman–Crippen MR) is 139 cm³/mol. The van der Waals surface area contributed by atoms with E-state index in [-0.39, 0.29) is 11.8 Å². The molecule has 0 aliphatic rings. The number of hydrogen-bond donors (Lipinski definition) is 2. The second-order valence-corrected chi connectivity index (χ2v) is 8.02. The Labute approximate surface area is 200 Å². The first kappa shape index (κ1) is 23.0. The standard InChI is InChI=1S/C30H28N2O2/c1-3-21-13-5-11-19-27(21)31-29(33)25-17-9-7-15-23(25)24-16-8-10-18-26(24)30(34)32-28-20-12-6-14-22(28)4-2/h5-20H,3-4H2,1-2H3,(H,31,33)(H,32,34). The van der Waals surface area contributed by atoms with Crippen molar-refractivity contribution in [3.8, 4) is 11.1 Å². The van der Waals surface area contributed by atoms with Crippen LogP contribution in [0.2, 0.25) is 0 Å². The SMILES string of the molecule is CCc1ccccc1NC(=O)c1ccccc1-c1ccccc1C(=O)Nc1ccccc1CC. The molecule has 4 aromatic rings. The molecular formula is C30H28N2O2. The van der Waals surface area contributed by atoms with Crippen molar-refractivity contribution >= 4 is 23.2 Å². The summed E-state index contributed by atoms with van der Waals surface area (Å²) in [6.45, 7) is 4.12. The van der Waals surface area contributed by atoms with Gasteiger partial charge < -0.3 is 10.6 Å². The molecule has 0 saturated carbocycles.